The van der Waals surface area contributed by atoms with Crippen molar-refractivity contribution in [1.82, 2.24) is 9.13 Å². The van der Waals surface area contributed by atoms with E-state index in [1.807, 2.05) is 26.0 Å². The Bertz CT molecular complexity index is 3750. The molecule has 10 aromatic rings. The van der Waals surface area contributed by atoms with Crippen molar-refractivity contribution < 1.29 is 54.3 Å². The second-order valence-corrected chi connectivity index (χ2v) is 27.9. The predicted octanol–water partition coefficient (Wildman–Crippen LogP) is 20.2. The number of phenols is 2. The largest absolute Gasteiger partial charge is 0.505 e. The second kappa shape index (κ2) is 24.1. The number of fused-ring (bicyclic) bond motifs is 6. The summed E-state index contributed by atoms with van der Waals surface area (Å²) in [6.45, 7) is 34.4. The Kier molecular flexibility index (Phi) is 18.7. The first-order chi connectivity index (χ1) is 38.0. The number of aromatic hydroxyl groups is 2. The Morgan fingerprint density at radius 2 is 0.714 bits per heavy atom. The number of halogens is 2. The molecule has 0 aliphatic rings. The van der Waals surface area contributed by atoms with Crippen LogP contribution in [0.15, 0.2) is 121 Å². The Labute approximate surface area is 519 Å². The molecule has 10 heteroatoms. The van der Waals surface area contributed by atoms with E-state index in [0.29, 0.717) is 56.3 Å². The Morgan fingerprint density at radius 1 is 0.417 bits per heavy atom. The van der Waals surface area contributed by atoms with Crippen LogP contribution < -0.4 is 9.47 Å². The number of phenolic OH excluding ortho intramolecular Hbond substituents is 2. The number of rotatable bonds is 14. The van der Waals surface area contributed by atoms with Crippen molar-refractivity contribution in [2.75, 3.05) is 12.5 Å². The van der Waals surface area contributed by atoms with Gasteiger partial charge in [0.05, 0.1) is 45.9 Å². The smallest absolute Gasteiger partial charge is 0.147 e. The van der Waals surface area contributed by atoms with Gasteiger partial charge in [-0.2, -0.15) is 0 Å². The van der Waals surface area contributed by atoms with Crippen LogP contribution in [-0.4, -0.2) is 41.3 Å². The minimum Gasteiger partial charge on any atom is -0.505 e. The van der Waals surface area contributed by atoms with Gasteiger partial charge in [0.2, 0.25) is 0 Å². The zero-order chi connectivity index (χ0) is 58.4. The van der Waals surface area contributed by atoms with Gasteiger partial charge in [0, 0.05) is 69.6 Å². The second-order valence-electron chi connectivity index (χ2n) is 26.8. The summed E-state index contributed by atoms with van der Waals surface area (Å²) in [6.07, 6.45) is 2.11. The minimum atomic E-state index is -0.441. The Morgan fingerprint density at radius 3 is 1.00 bits per heavy atom. The normalized spacial score (nSPS) is 12.2. The third-order valence-corrected chi connectivity index (χ3v) is 16.7. The molecule has 84 heavy (non-hydrogen) atoms. The molecular formula is C74H84F2HfN2O4Si-2. The first-order valence-electron chi connectivity index (χ1n) is 28.3. The van der Waals surface area contributed by atoms with Crippen LogP contribution in [0.3, 0.4) is 0 Å². The molecule has 438 valence electrons. The molecule has 2 radical (unpaired) electrons. The number of hydrogen-bond acceptors (Lipinski definition) is 4. The molecule has 8 aromatic carbocycles. The van der Waals surface area contributed by atoms with E-state index in [1.165, 1.54) is 24.3 Å². The van der Waals surface area contributed by atoms with Gasteiger partial charge in [-0.3, -0.25) is 0 Å². The van der Waals surface area contributed by atoms with Crippen LogP contribution in [0.25, 0.3) is 77.2 Å². The molecule has 0 atom stereocenters. The molecule has 0 aliphatic heterocycles. The van der Waals surface area contributed by atoms with Crippen LogP contribution in [0.4, 0.5) is 8.78 Å². The van der Waals surface area contributed by atoms with Gasteiger partial charge in [0.25, 0.3) is 0 Å². The van der Waals surface area contributed by atoms with E-state index in [1.54, 1.807) is 0 Å². The maximum atomic E-state index is 16.0. The molecule has 0 amide bonds. The van der Waals surface area contributed by atoms with Gasteiger partial charge in [-0.15, -0.1) is 0 Å². The topological polar surface area (TPSA) is 68.8 Å². The monoisotopic (exact) mass is 1310 g/mol. The SMILES string of the molecule is Cc1ccc2c3ccc(C)cc3n(-c3cc(C(C)(C)CC(C)(C)C)cc(-c4cc(F)cc(C)c4OC[Si]COc4c(C)cc(F)cc4-c4cc(C(C)(C)CC(C)(C)C)cc(-n5c6cc(C)ccc6c6ccc(C)cc65)c4O)c3O)c2c1.[CH3-].[CH3-].[Hf]. The van der Waals surface area contributed by atoms with Crippen LogP contribution in [-0.2, 0) is 36.7 Å². The van der Waals surface area contributed by atoms with E-state index in [2.05, 4.69) is 191 Å². The van der Waals surface area contributed by atoms with Gasteiger partial charge < -0.3 is 43.7 Å². The van der Waals surface area contributed by atoms with Crippen molar-refractivity contribution in [3.05, 3.63) is 192 Å². The summed E-state index contributed by atoms with van der Waals surface area (Å²) >= 11 is 0. The summed E-state index contributed by atoms with van der Waals surface area (Å²) in [5.74, 6) is 0.0885. The zero-order valence-electron chi connectivity index (χ0n) is 52.7. The molecule has 2 N–H and O–H groups in total. The summed E-state index contributed by atoms with van der Waals surface area (Å²) < 4.78 is 49.8. The van der Waals surface area contributed by atoms with Crippen LogP contribution in [0.5, 0.6) is 23.0 Å². The van der Waals surface area contributed by atoms with Crippen molar-refractivity contribution >= 4 is 53.1 Å². The first kappa shape index (κ1) is 65.1. The van der Waals surface area contributed by atoms with Crippen LogP contribution in [0.1, 0.15) is 127 Å². The molecule has 2 aromatic heterocycles. The first-order valence-corrected chi connectivity index (χ1v) is 29.8. The minimum absolute atomic E-state index is 0. The summed E-state index contributed by atoms with van der Waals surface area (Å²) in [5, 5.41) is 30.0. The van der Waals surface area contributed by atoms with E-state index in [-0.39, 0.29) is 95.8 Å². The predicted molar refractivity (Wildman–Crippen MR) is 348 cm³/mol. The van der Waals surface area contributed by atoms with Crippen LogP contribution in [0.2, 0.25) is 0 Å². The molecular weight excluding hydrogens is 1230 g/mol. The summed E-state index contributed by atoms with van der Waals surface area (Å²) in [5.41, 5.74) is 13.7. The fourth-order valence-electron chi connectivity index (χ4n) is 13.2. The third kappa shape index (κ3) is 12.7. The van der Waals surface area contributed by atoms with Crippen molar-refractivity contribution in [3.8, 4) is 56.6 Å². The maximum absolute atomic E-state index is 16.0. The van der Waals surface area contributed by atoms with Crippen LogP contribution >= 0.6 is 0 Å². The molecule has 0 aliphatic carbocycles. The molecule has 2 heterocycles. The maximum Gasteiger partial charge on any atom is 0.147 e. The third-order valence-electron chi connectivity index (χ3n) is 16.0. The van der Waals surface area contributed by atoms with E-state index in [4.69, 9.17) is 9.47 Å². The molecule has 10 rings (SSSR count). The number of benzene rings is 8. The van der Waals surface area contributed by atoms with E-state index in [9.17, 15) is 10.2 Å². The van der Waals surface area contributed by atoms with Gasteiger partial charge in [-0.25, -0.2) is 8.78 Å². The van der Waals surface area contributed by atoms with Crippen molar-refractivity contribution in [3.63, 3.8) is 0 Å². The number of aromatic nitrogens is 2. The molecule has 0 spiro atoms. The number of ether oxygens (including phenoxy) is 2. The average Bonchev–Trinajstić information content (AvgIpc) is 1.72. The van der Waals surface area contributed by atoms with Gasteiger partial charge in [0.15, 0.2) is 0 Å². The van der Waals surface area contributed by atoms with Gasteiger partial charge in [-0.05, 0) is 193 Å². The summed E-state index contributed by atoms with van der Waals surface area (Å²) in [7, 11) is 0.0814. The molecule has 0 fully saturated rings. The molecule has 6 nitrogen and oxygen atoms in total. The van der Waals surface area contributed by atoms with Crippen molar-refractivity contribution in [2.45, 2.75) is 134 Å². The standard InChI is InChI=1S/C72H78F2N2O4Si.2CH3.Hf/c1-41-17-21-51-52-22-18-42(2)26-60(52)75(59(51)25-41)63-33-47(71(13,14)37-69(7,8)9)31-55(65(63)77)57-35-49(73)29-45(5)67(57)79-39-81-40-80-68-46(6)30-50(74)36-58(68)56-32-48(72(15,16)38-70(10,11)12)34-64(66(56)78)76-61-27-43(3)19-23-53(61)54-24-20-44(4)28-62(54)76;;;/h17-36,77-78H,37-40H2,1-16H3;2*1H3;/q;2*-1;. The Balaban J connectivity index is 0.00000337. The molecule has 0 unspecified atom stereocenters. The van der Waals surface area contributed by atoms with E-state index < -0.39 is 11.6 Å². The number of aryl methyl sites for hydroxylation is 6. The summed E-state index contributed by atoms with van der Waals surface area (Å²) in [4.78, 5) is 0. The fourth-order valence-corrected chi connectivity index (χ4v) is 13.7. The fraction of sp³-hybridized carbons (Fsp3) is 0.324. The van der Waals surface area contributed by atoms with E-state index >= 15 is 8.78 Å². The summed E-state index contributed by atoms with van der Waals surface area (Å²) in [6, 6.07) is 39.9. The van der Waals surface area contributed by atoms with Crippen molar-refractivity contribution in [2.24, 2.45) is 10.8 Å². The molecule has 0 saturated carbocycles. The quantitative estimate of drug-likeness (QED) is 0.0647. The van der Waals surface area contributed by atoms with Gasteiger partial charge >= 0.3 is 0 Å². The van der Waals surface area contributed by atoms with Gasteiger partial charge in [0.1, 0.15) is 44.2 Å². The van der Waals surface area contributed by atoms with Crippen LogP contribution in [0, 0.1) is 78.9 Å². The molecule has 0 saturated heterocycles. The van der Waals surface area contributed by atoms with E-state index in [0.717, 1.165) is 89.8 Å². The zero-order valence-corrected chi connectivity index (χ0v) is 57.3. The number of nitrogens with zero attached hydrogens (tertiary/aromatic N) is 2. The number of hydrogen-bond donors (Lipinski definition) is 2. The Hall–Kier alpha value is -6.49. The van der Waals surface area contributed by atoms with Gasteiger partial charge in [-0.1, -0.05) is 118 Å². The molecule has 0 bridgehead atoms. The average molecular weight is 1310 g/mol. The van der Waals surface area contributed by atoms with Crippen molar-refractivity contribution in [1.29, 1.82) is 0 Å².